The Labute approximate surface area is 158 Å². The summed E-state index contributed by atoms with van der Waals surface area (Å²) in [5.41, 5.74) is 1.98. The van der Waals surface area contributed by atoms with Crippen LogP contribution in [-0.2, 0) is 4.79 Å². The lowest BCUT2D eigenvalue weighted by Gasteiger charge is -2.08. The third-order valence-corrected chi connectivity index (χ3v) is 4.30. The van der Waals surface area contributed by atoms with Gasteiger partial charge >= 0.3 is 5.97 Å². The zero-order chi connectivity index (χ0) is 18.1. The zero-order valence-corrected chi connectivity index (χ0v) is 15.8. The molecule has 0 fully saturated rings. The second kappa shape index (κ2) is 7.02. The van der Waals surface area contributed by atoms with E-state index in [2.05, 4.69) is 15.9 Å². The summed E-state index contributed by atoms with van der Waals surface area (Å²) in [6.07, 6.45) is 1.68. The quantitative estimate of drug-likeness (QED) is 0.306. The number of carbonyl (C=O) groups is 2. The first-order valence-electron chi connectivity index (χ1n) is 7.55. The molecule has 1 unspecified atom stereocenters. The van der Waals surface area contributed by atoms with Gasteiger partial charge in [-0.25, -0.2) is 0 Å². The van der Waals surface area contributed by atoms with Crippen molar-refractivity contribution in [2.75, 3.05) is 0 Å². The Balaban J connectivity index is 1.93. The van der Waals surface area contributed by atoms with Crippen LogP contribution in [0.1, 0.15) is 28.4 Å². The zero-order valence-electron chi connectivity index (χ0n) is 13.5. The Morgan fingerprint density at radius 1 is 1.32 bits per heavy atom. The van der Waals surface area contributed by atoms with E-state index in [4.69, 9.17) is 21.1 Å². The van der Waals surface area contributed by atoms with E-state index in [0.29, 0.717) is 22.6 Å². The van der Waals surface area contributed by atoms with Crippen LogP contribution in [0.25, 0.3) is 6.08 Å². The van der Waals surface area contributed by atoms with Gasteiger partial charge in [0.05, 0.1) is 5.56 Å². The molecular formula is C19H14BrClO4. The third kappa shape index (κ3) is 3.78. The van der Waals surface area contributed by atoms with Crippen molar-refractivity contribution in [2.45, 2.75) is 19.2 Å². The van der Waals surface area contributed by atoms with Gasteiger partial charge < -0.3 is 9.47 Å². The van der Waals surface area contributed by atoms with E-state index < -0.39 is 11.3 Å². The highest BCUT2D eigenvalue weighted by Gasteiger charge is 2.30. The number of ether oxygens (including phenoxy) is 2. The smallest absolute Gasteiger partial charge is 0.329 e. The predicted molar refractivity (Wildman–Crippen MR) is 99.2 cm³/mol. The van der Waals surface area contributed by atoms with Crippen molar-refractivity contribution in [3.8, 4) is 11.5 Å². The molecule has 0 saturated heterocycles. The van der Waals surface area contributed by atoms with Gasteiger partial charge in [0.1, 0.15) is 16.9 Å². The largest absolute Gasteiger partial charge is 0.452 e. The molecule has 4 nitrogen and oxygen atoms in total. The minimum atomic E-state index is -0.761. The lowest BCUT2D eigenvalue weighted by Crippen LogP contribution is -2.17. The molecule has 1 atom stereocenters. The number of ketones is 1. The molecular weight excluding hydrogens is 408 g/mol. The first-order valence-corrected chi connectivity index (χ1v) is 8.78. The topological polar surface area (TPSA) is 52.6 Å². The van der Waals surface area contributed by atoms with Gasteiger partial charge in [-0.15, -0.1) is 11.6 Å². The van der Waals surface area contributed by atoms with Crippen LogP contribution in [-0.4, -0.2) is 17.1 Å². The molecule has 0 bridgehead atoms. The second-order valence-corrected chi connectivity index (χ2v) is 7.22. The number of alkyl halides is 1. The number of hydrogen-bond donors (Lipinski definition) is 0. The SMILES string of the molecule is Cc1cc(OC(=O)C(C)Cl)cc2c1C(=O)/C(=C/c1cccc(Br)c1)O2. The first kappa shape index (κ1) is 17.7. The summed E-state index contributed by atoms with van der Waals surface area (Å²) in [6.45, 7) is 3.30. The summed E-state index contributed by atoms with van der Waals surface area (Å²) in [5, 5.41) is -0.761. The summed E-state index contributed by atoms with van der Waals surface area (Å²) < 4.78 is 11.8. The minimum absolute atomic E-state index is 0.198. The Kier molecular flexibility index (Phi) is 4.97. The number of hydrogen-bond acceptors (Lipinski definition) is 4. The summed E-state index contributed by atoms with van der Waals surface area (Å²) >= 11 is 9.11. The van der Waals surface area contributed by atoms with Crippen molar-refractivity contribution in [1.82, 2.24) is 0 Å². The maximum atomic E-state index is 12.6. The lowest BCUT2D eigenvalue weighted by atomic mass is 10.0. The molecule has 3 rings (SSSR count). The monoisotopic (exact) mass is 420 g/mol. The number of esters is 1. The number of halogens is 2. The molecule has 0 radical (unpaired) electrons. The standard InChI is InChI=1S/C19H14BrClO4/c1-10-6-14(24-19(23)11(2)21)9-15-17(10)18(22)16(25-15)8-12-4-3-5-13(20)7-12/h3-9,11H,1-2H3/b16-8-. The van der Waals surface area contributed by atoms with E-state index >= 15 is 0 Å². The molecule has 0 saturated carbocycles. The van der Waals surface area contributed by atoms with Gasteiger partial charge in [-0.3, -0.25) is 9.59 Å². The van der Waals surface area contributed by atoms with Crippen LogP contribution in [0.4, 0.5) is 0 Å². The Morgan fingerprint density at radius 2 is 2.08 bits per heavy atom. The van der Waals surface area contributed by atoms with E-state index in [0.717, 1.165) is 10.0 Å². The van der Waals surface area contributed by atoms with Gasteiger partial charge in [0.25, 0.3) is 0 Å². The van der Waals surface area contributed by atoms with Crippen molar-refractivity contribution < 1.29 is 19.1 Å². The van der Waals surface area contributed by atoms with Crippen molar-refractivity contribution in [2.24, 2.45) is 0 Å². The van der Waals surface area contributed by atoms with E-state index in [1.54, 1.807) is 19.1 Å². The molecule has 1 aliphatic rings. The number of benzene rings is 2. The summed E-state index contributed by atoms with van der Waals surface area (Å²) in [5.74, 6) is 0.137. The molecule has 25 heavy (non-hydrogen) atoms. The Morgan fingerprint density at radius 3 is 2.76 bits per heavy atom. The Bertz CT molecular complexity index is 902. The summed E-state index contributed by atoms with van der Waals surface area (Å²) in [6, 6.07) is 10.7. The van der Waals surface area contributed by atoms with Crippen LogP contribution in [0.3, 0.4) is 0 Å². The molecule has 1 aliphatic heterocycles. The highest BCUT2D eigenvalue weighted by atomic mass is 79.9. The molecule has 0 aliphatic carbocycles. The summed E-state index contributed by atoms with van der Waals surface area (Å²) in [7, 11) is 0. The molecule has 0 aromatic heterocycles. The van der Waals surface area contributed by atoms with Gasteiger partial charge in [0, 0.05) is 10.5 Å². The molecule has 6 heteroatoms. The number of fused-ring (bicyclic) bond motifs is 1. The number of rotatable bonds is 3. The molecule has 1 heterocycles. The fourth-order valence-electron chi connectivity index (χ4n) is 2.48. The van der Waals surface area contributed by atoms with Crippen LogP contribution >= 0.6 is 27.5 Å². The molecule has 2 aromatic carbocycles. The maximum absolute atomic E-state index is 12.6. The van der Waals surface area contributed by atoms with E-state index in [1.807, 2.05) is 24.3 Å². The average Bonchev–Trinajstić information content (AvgIpc) is 2.83. The number of carbonyl (C=O) groups excluding carboxylic acids is 2. The van der Waals surface area contributed by atoms with Crippen molar-refractivity contribution in [1.29, 1.82) is 0 Å². The van der Waals surface area contributed by atoms with Gasteiger partial charge in [-0.05, 0) is 49.2 Å². The Hall–Kier alpha value is -2.11. The maximum Gasteiger partial charge on any atom is 0.329 e. The van der Waals surface area contributed by atoms with Crippen molar-refractivity contribution in [3.63, 3.8) is 0 Å². The fraction of sp³-hybridized carbons (Fsp3) is 0.158. The van der Waals surface area contributed by atoms with Crippen molar-refractivity contribution >= 4 is 45.4 Å². The highest BCUT2D eigenvalue weighted by Crippen LogP contribution is 2.37. The van der Waals surface area contributed by atoms with Crippen LogP contribution in [0.2, 0.25) is 0 Å². The van der Waals surface area contributed by atoms with E-state index in [9.17, 15) is 9.59 Å². The third-order valence-electron chi connectivity index (χ3n) is 3.63. The fourth-order valence-corrected chi connectivity index (χ4v) is 2.94. The van der Waals surface area contributed by atoms with Gasteiger partial charge in [0.15, 0.2) is 5.76 Å². The van der Waals surface area contributed by atoms with Crippen LogP contribution < -0.4 is 9.47 Å². The van der Waals surface area contributed by atoms with E-state index in [1.165, 1.54) is 13.0 Å². The highest BCUT2D eigenvalue weighted by molar-refractivity contribution is 9.10. The van der Waals surface area contributed by atoms with Crippen LogP contribution in [0.5, 0.6) is 11.5 Å². The average molecular weight is 422 g/mol. The predicted octanol–water partition coefficient (Wildman–Crippen LogP) is 4.91. The molecule has 0 amide bonds. The lowest BCUT2D eigenvalue weighted by molar-refractivity contribution is -0.133. The van der Waals surface area contributed by atoms with Gasteiger partial charge in [-0.1, -0.05) is 28.1 Å². The molecule has 0 N–H and O–H groups in total. The second-order valence-electron chi connectivity index (χ2n) is 5.65. The molecule has 0 spiro atoms. The minimum Gasteiger partial charge on any atom is -0.452 e. The number of aryl methyl sites for hydroxylation is 1. The first-order chi connectivity index (χ1) is 11.8. The molecule has 128 valence electrons. The summed E-state index contributed by atoms with van der Waals surface area (Å²) in [4.78, 5) is 24.3. The molecule has 2 aromatic rings. The van der Waals surface area contributed by atoms with Gasteiger partial charge in [0.2, 0.25) is 5.78 Å². The van der Waals surface area contributed by atoms with Crippen molar-refractivity contribution in [3.05, 3.63) is 63.3 Å². The number of allylic oxidation sites excluding steroid dienone is 1. The normalized spacial score (nSPS) is 15.7. The van der Waals surface area contributed by atoms with E-state index in [-0.39, 0.29) is 11.5 Å². The van der Waals surface area contributed by atoms with Crippen LogP contribution in [0.15, 0.2) is 46.6 Å². The van der Waals surface area contributed by atoms with Gasteiger partial charge in [-0.2, -0.15) is 0 Å². The van der Waals surface area contributed by atoms with Crippen LogP contribution in [0, 0.1) is 6.92 Å². The number of Topliss-reactive ketones (excluding diaryl/α,β-unsaturated/α-hetero) is 1.